The normalized spacial score (nSPS) is 20.4. The standard InChI is InChI=1S/C14H17Cl2NO/c15-11-5-6-12(16)10(8-11)9-14(18)13-4-2-1-3-7-17-13/h5-6,8,13,17H,1-4,7,9H2. The van der Waals surface area contributed by atoms with E-state index in [1.165, 1.54) is 6.42 Å². The van der Waals surface area contributed by atoms with Crippen molar-refractivity contribution in [3.05, 3.63) is 33.8 Å². The topological polar surface area (TPSA) is 29.1 Å². The average Bonchev–Trinajstić information content (AvgIpc) is 2.62. The fraction of sp³-hybridized carbons (Fsp3) is 0.500. The maximum absolute atomic E-state index is 12.2. The lowest BCUT2D eigenvalue weighted by atomic mass is 10.0. The number of hydrogen-bond donors (Lipinski definition) is 1. The number of benzene rings is 1. The predicted octanol–water partition coefficient (Wildman–Crippen LogP) is 3.64. The molecule has 1 aliphatic heterocycles. The largest absolute Gasteiger partial charge is 0.307 e. The van der Waals surface area contributed by atoms with Crippen LogP contribution >= 0.6 is 23.2 Å². The number of nitrogens with one attached hydrogen (secondary N) is 1. The van der Waals surface area contributed by atoms with Crippen LogP contribution in [0.2, 0.25) is 10.0 Å². The molecule has 0 aliphatic carbocycles. The Kier molecular flexibility index (Phi) is 5.04. The lowest BCUT2D eigenvalue weighted by Crippen LogP contribution is -2.37. The van der Waals surface area contributed by atoms with E-state index in [4.69, 9.17) is 23.2 Å². The van der Waals surface area contributed by atoms with Gasteiger partial charge in [0.05, 0.1) is 6.04 Å². The Labute approximate surface area is 118 Å². The van der Waals surface area contributed by atoms with Gasteiger partial charge in [-0.1, -0.05) is 36.0 Å². The van der Waals surface area contributed by atoms with Crippen LogP contribution in [0.15, 0.2) is 18.2 Å². The minimum atomic E-state index is -0.0254. The van der Waals surface area contributed by atoms with E-state index in [1.807, 2.05) is 0 Å². The molecule has 1 N–H and O–H groups in total. The van der Waals surface area contributed by atoms with Crippen LogP contribution < -0.4 is 5.32 Å². The number of carbonyl (C=O) groups is 1. The molecule has 0 saturated carbocycles. The van der Waals surface area contributed by atoms with E-state index in [2.05, 4.69) is 5.32 Å². The molecule has 1 aliphatic rings. The van der Waals surface area contributed by atoms with Crippen molar-refractivity contribution in [2.75, 3.05) is 6.54 Å². The average molecular weight is 286 g/mol. The van der Waals surface area contributed by atoms with Crippen LogP contribution in [0.4, 0.5) is 0 Å². The number of halogens is 2. The summed E-state index contributed by atoms with van der Waals surface area (Å²) in [5, 5.41) is 4.54. The Hall–Kier alpha value is -0.570. The molecule has 0 spiro atoms. The van der Waals surface area contributed by atoms with Crippen LogP contribution in [0.1, 0.15) is 31.2 Å². The molecule has 2 rings (SSSR count). The van der Waals surface area contributed by atoms with E-state index in [-0.39, 0.29) is 11.8 Å². The molecule has 4 heteroatoms. The number of hydrogen-bond acceptors (Lipinski definition) is 2. The van der Waals surface area contributed by atoms with Crippen molar-refractivity contribution in [2.24, 2.45) is 0 Å². The van der Waals surface area contributed by atoms with Gasteiger partial charge in [0.2, 0.25) is 0 Å². The highest BCUT2D eigenvalue weighted by Crippen LogP contribution is 2.22. The van der Waals surface area contributed by atoms with Crippen LogP contribution in [-0.2, 0) is 11.2 Å². The fourth-order valence-electron chi connectivity index (χ4n) is 2.29. The summed E-state index contributed by atoms with van der Waals surface area (Å²) in [5.41, 5.74) is 0.820. The molecule has 1 aromatic rings. The Morgan fingerprint density at radius 3 is 2.94 bits per heavy atom. The maximum Gasteiger partial charge on any atom is 0.154 e. The number of rotatable bonds is 3. The number of Topliss-reactive ketones (excluding diaryl/α,β-unsaturated/α-hetero) is 1. The lowest BCUT2D eigenvalue weighted by Gasteiger charge is -2.15. The quantitative estimate of drug-likeness (QED) is 0.919. The first kappa shape index (κ1) is 13.9. The summed E-state index contributed by atoms with van der Waals surface area (Å²) in [4.78, 5) is 12.2. The zero-order valence-corrected chi connectivity index (χ0v) is 11.7. The van der Waals surface area contributed by atoms with Crippen LogP contribution in [0.3, 0.4) is 0 Å². The molecule has 1 fully saturated rings. The second-order valence-corrected chi connectivity index (χ2v) is 5.58. The molecule has 2 nitrogen and oxygen atoms in total. The van der Waals surface area contributed by atoms with Crippen LogP contribution in [0.25, 0.3) is 0 Å². The van der Waals surface area contributed by atoms with Gasteiger partial charge in [-0.05, 0) is 43.1 Å². The minimum absolute atomic E-state index is 0.0254. The van der Waals surface area contributed by atoms with E-state index >= 15 is 0 Å². The molecule has 0 aromatic heterocycles. The van der Waals surface area contributed by atoms with Crippen molar-refractivity contribution in [3.8, 4) is 0 Å². The van der Waals surface area contributed by atoms with Crippen molar-refractivity contribution in [1.29, 1.82) is 0 Å². The van der Waals surface area contributed by atoms with E-state index in [9.17, 15) is 4.79 Å². The third-order valence-corrected chi connectivity index (χ3v) is 3.93. The van der Waals surface area contributed by atoms with Gasteiger partial charge in [-0.15, -0.1) is 0 Å². The third kappa shape index (κ3) is 3.71. The molecular formula is C14H17Cl2NO. The molecular weight excluding hydrogens is 269 g/mol. The minimum Gasteiger partial charge on any atom is -0.307 e. The molecule has 18 heavy (non-hydrogen) atoms. The van der Waals surface area contributed by atoms with Crippen LogP contribution in [-0.4, -0.2) is 18.4 Å². The first-order valence-corrected chi connectivity index (χ1v) is 7.12. The van der Waals surface area contributed by atoms with Crippen molar-refractivity contribution >= 4 is 29.0 Å². The summed E-state index contributed by atoms with van der Waals surface area (Å²) in [7, 11) is 0. The van der Waals surface area contributed by atoms with E-state index in [0.29, 0.717) is 16.5 Å². The molecule has 1 heterocycles. The Morgan fingerprint density at radius 2 is 2.11 bits per heavy atom. The number of ketones is 1. The molecule has 98 valence electrons. The Balaban J connectivity index is 2.03. The fourth-order valence-corrected chi connectivity index (χ4v) is 2.67. The third-order valence-electron chi connectivity index (χ3n) is 3.32. The summed E-state index contributed by atoms with van der Waals surface area (Å²) in [6.07, 6.45) is 4.76. The van der Waals surface area contributed by atoms with E-state index in [1.54, 1.807) is 18.2 Å². The second-order valence-electron chi connectivity index (χ2n) is 4.73. The van der Waals surface area contributed by atoms with Gasteiger partial charge in [-0.3, -0.25) is 4.79 Å². The molecule has 1 saturated heterocycles. The highest BCUT2D eigenvalue weighted by molar-refractivity contribution is 6.33. The summed E-state index contributed by atoms with van der Waals surface area (Å²) < 4.78 is 0. The highest BCUT2D eigenvalue weighted by Gasteiger charge is 2.20. The van der Waals surface area contributed by atoms with Gasteiger partial charge in [-0.2, -0.15) is 0 Å². The van der Waals surface area contributed by atoms with Gasteiger partial charge in [-0.25, -0.2) is 0 Å². The summed E-state index contributed by atoms with van der Waals surface area (Å²) in [5.74, 6) is 0.209. The lowest BCUT2D eigenvalue weighted by molar-refractivity contribution is -0.120. The second kappa shape index (κ2) is 6.55. The van der Waals surface area contributed by atoms with Gasteiger partial charge >= 0.3 is 0 Å². The highest BCUT2D eigenvalue weighted by atomic mass is 35.5. The summed E-state index contributed by atoms with van der Waals surface area (Å²) >= 11 is 12.0. The monoisotopic (exact) mass is 285 g/mol. The molecule has 1 unspecified atom stereocenters. The van der Waals surface area contributed by atoms with Crippen LogP contribution in [0, 0.1) is 0 Å². The van der Waals surface area contributed by atoms with Gasteiger partial charge in [0.1, 0.15) is 0 Å². The van der Waals surface area contributed by atoms with Gasteiger partial charge < -0.3 is 5.32 Å². The molecule has 0 amide bonds. The van der Waals surface area contributed by atoms with E-state index < -0.39 is 0 Å². The van der Waals surface area contributed by atoms with Crippen molar-refractivity contribution in [3.63, 3.8) is 0 Å². The van der Waals surface area contributed by atoms with Crippen molar-refractivity contribution < 1.29 is 4.79 Å². The van der Waals surface area contributed by atoms with Crippen LogP contribution in [0.5, 0.6) is 0 Å². The Morgan fingerprint density at radius 1 is 1.28 bits per heavy atom. The predicted molar refractivity (Wildman–Crippen MR) is 75.4 cm³/mol. The SMILES string of the molecule is O=C(Cc1cc(Cl)ccc1Cl)C1CCCCCN1. The first-order chi connectivity index (χ1) is 8.66. The van der Waals surface area contributed by atoms with Gasteiger partial charge in [0.15, 0.2) is 5.78 Å². The molecule has 1 atom stereocenters. The first-order valence-electron chi connectivity index (χ1n) is 6.37. The number of carbonyl (C=O) groups excluding carboxylic acids is 1. The van der Waals surface area contributed by atoms with Crippen molar-refractivity contribution in [1.82, 2.24) is 5.32 Å². The zero-order chi connectivity index (χ0) is 13.0. The maximum atomic E-state index is 12.2. The summed E-state index contributed by atoms with van der Waals surface area (Å²) in [6, 6.07) is 5.23. The molecule has 1 aromatic carbocycles. The Bertz CT molecular complexity index is 426. The van der Waals surface area contributed by atoms with E-state index in [0.717, 1.165) is 31.4 Å². The summed E-state index contributed by atoms with van der Waals surface area (Å²) in [6.45, 7) is 0.930. The zero-order valence-electron chi connectivity index (χ0n) is 10.2. The smallest absolute Gasteiger partial charge is 0.154 e. The van der Waals surface area contributed by atoms with Gasteiger partial charge in [0, 0.05) is 16.5 Å². The molecule has 0 bridgehead atoms. The van der Waals surface area contributed by atoms with Gasteiger partial charge in [0.25, 0.3) is 0 Å². The van der Waals surface area contributed by atoms with Crippen molar-refractivity contribution in [2.45, 2.75) is 38.1 Å². The molecule has 0 radical (unpaired) electrons.